The molecule has 2 aromatic carbocycles. The molecule has 0 amide bonds. The van der Waals surface area contributed by atoms with Crippen molar-refractivity contribution in [1.29, 1.82) is 0 Å². The molecule has 3 aromatic rings. The van der Waals surface area contributed by atoms with Crippen molar-refractivity contribution < 1.29 is 17.9 Å². The predicted molar refractivity (Wildman–Crippen MR) is 100 cm³/mol. The Hall–Kier alpha value is -2.42. The fourth-order valence-corrected chi connectivity index (χ4v) is 3.70. The van der Waals surface area contributed by atoms with Crippen LogP contribution in [0.1, 0.15) is 12.5 Å². The number of nitrogens with one attached hydrogen (secondary N) is 1. The van der Waals surface area contributed by atoms with Gasteiger partial charge in [-0.3, -0.25) is 0 Å². The standard InChI is InChI=1S/C18H18N2O4S2/c1-2-23-15-7-9-17(10-8-15)26(21,22)20-13-14-3-5-16(6-4-14)24-18-19-11-12-25-18/h3-12,20H,2,13H2,1H3. The van der Waals surface area contributed by atoms with Crippen LogP contribution in [-0.2, 0) is 16.6 Å². The van der Waals surface area contributed by atoms with Crippen LogP contribution < -0.4 is 14.2 Å². The first-order valence-corrected chi connectivity index (χ1v) is 10.3. The normalized spacial score (nSPS) is 11.3. The number of hydrogen-bond donors (Lipinski definition) is 1. The van der Waals surface area contributed by atoms with E-state index in [1.165, 1.54) is 23.5 Å². The van der Waals surface area contributed by atoms with Crippen molar-refractivity contribution in [1.82, 2.24) is 9.71 Å². The van der Waals surface area contributed by atoms with Crippen molar-refractivity contribution in [3.8, 4) is 16.7 Å². The molecule has 0 fully saturated rings. The molecule has 1 heterocycles. The first-order chi connectivity index (χ1) is 12.6. The third kappa shape index (κ3) is 4.81. The SMILES string of the molecule is CCOc1ccc(S(=O)(=O)NCc2ccc(Oc3nccs3)cc2)cc1. The second-order valence-corrected chi connectivity index (χ2v) is 7.90. The summed E-state index contributed by atoms with van der Waals surface area (Å²) >= 11 is 1.40. The van der Waals surface area contributed by atoms with Crippen molar-refractivity contribution in [2.45, 2.75) is 18.4 Å². The molecule has 0 radical (unpaired) electrons. The number of ether oxygens (including phenoxy) is 2. The Labute approximate surface area is 156 Å². The monoisotopic (exact) mass is 390 g/mol. The fourth-order valence-electron chi connectivity index (χ4n) is 2.18. The number of thiazole rings is 1. The Morgan fingerprint density at radius 3 is 2.35 bits per heavy atom. The molecule has 26 heavy (non-hydrogen) atoms. The minimum Gasteiger partial charge on any atom is -0.494 e. The maximum Gasteiger partial charge on any atom is 0.278 e. The molecule has 0 aliphatic heterocycles. The van der Waals surface area contributed by atoms with Crippen molar-refractivity contribution in [2.24, 2.45) is 0 Å². The van der Waals surface area contributed by atoms with Gasteiger partial charge in [-0.2, -0.15) is 0 Å². The van der Waals surface area contributed by atoms with Gasteiger partial charge in [-0.15, -0.1) is 0 Å². The topological polar surface area (TPSA) is 77.5 Å². The second-order valence-electron chi connectivity index (χ2n) is 5.27. The molecule has 1 aromatic heterocycles. The van der Waals surface area contributed by atoms with Gasteiger partial charge in [0.25, 0.3) is 5.19 Å². The van der Waals surface area contributed by atoms with Crippen molar-refractivity contribution >= 4 is 21.4 Å². The lowest BCUT2D eigenvalue weighted by molar-refractivity contribution is 0.340. The van der Waals surface area contributed by atoms with Crippen LogP contribution in [-0.4, -0.2) is 20.0 Å². The summed E-state index contributed by atoms with van der Waals surface area (Å²) in [6, 6.07) is 13.5. The quantitative estimate of drug-likeness (QED) is 0.633. The van der Waals surface area contributed by atoms with E-state index in [9.17, 15) is 8.42 Å². The molecular weight excluding hydrogens is 372 g/mol. The molecule has 1 N–H and O–H groups in total. The first kappa shape index (κ1) is 18.4. The zero-order chi connectivity index (χ0) is 18.4. The van der Waals surface area contributed by atoms with Crippen LogP contribution in [0.3, 0.4) is 0 Å². The summed E-state index contributed by atoms with van der Waals surface area (Å²) in [6.45, 7) is 2.60. The average molecular weight is 390 g/mol. The number of hydrogen-bond acceptors (Lipinski definition) is 6. The first-order valence-electron chi connectivity index (χ1n) is 7.95. The van der Waals surface area contributed by atoms with Crippen LogP contribution in [0.5, 0.6) is 16.7 Å². The summed E-state index contributed by atoms with van der Waals surface area (Å²) in [5.41, 5.74) is 0.825. The molecule has 0 aliphatic carbocycles. The van der Waals surface area contributed by atoms with Gasteiger partial charge < -0.3 is 9.47 Å². The third-order valence-corrected chi connectivity index (χ3v) is 5.51. The van der Waals surface area contributed by atoms with Crippen molar-refractivity contribution in [2.75, 3.05) is 6.61 Å². The molecule has 8 heteroatoms. The van der Waals surface area contributed by atoms with E-state index in [2.05, 4.69) is 9.71 Å². The molecule has 136 valence electrons. The molecule has 0 saturated carbocycles. The summed E-state index contributed by atoms with van der Waals surface area (Å²) in [5.74, 6) is 1.29. The zero-order valence-electron chi connectivity index (χ0n) is 14.1. The lowest BCUT2D eigenvalue weighted by Gasteiger charge is -2.09. The van der Waals surface area contributed by atoms with Crippen LogP contribution in [0.4, 0.5) is 0 Å². The van der Waals surface area contributed by atoms with E-state index in [0.717, 1.165) is 5.56 Å². The summed E-state index contributed by atoms with van der Waals surface area (Å²) < 4.78 is 38.2. The summed E-state index contributed by atoms with van der Waals surface area (Å²) in [5, 5.41) is 2.40. The smallest absolute Gasteiger partial charge is 0.278 e. The highest BCUT2D eigenvalue weighted by molar-refractivity contribution is 7.89. The summed E-state index contributed by atoms with van der Waals surface area (Å²) in [4.78, 5) is 4.25. The highest BCUT2D eigenvalue weighted by Crippen LogP contribution is 2.23. The number of sulfonamides is 1. The second kappa shape index (κ2) is 8.31. The average Bonchev–Trinajstić information content (AvgIpc) is 3.15. The number of benzene rings is 2. The van der Waals surface area contributed by atoms with Crippen LogP contribution in [0.25, 0.3) is 0 Å². The van der Waals surface area contributed by atoms with Crippen LogP contribution in [0, 0.1) is 0 Å². The highest BCUT2D eigenvalue weighted by Gasteiger charge is 2.13. The van der Waals surface area contributed by atoms with Gasteiger partial charge >= 0.3 is 0 Å². The summed E-state index contributed by atoms with van der Waals surface area (Å²) in [7, 11) is -3.59. The largest absolute Gasteiger partial charge is 0.494 e. The molecule has 6 nitrogen and oxygen atoms in total. The minimum atomic E-state index is -3.59. The Morgan fingerprint density at radius 2 is 1.73 bits per heavy atom. The maximum atomic E-state index is 12.4. The van der Waals surface area contributed by atoms with Gasteiger partial charge in [0.1, 0.15) is 11.5 Å². The van der Waals surface area contributed by atoms with Crippen molar-refractivity contribution in [3.63, 3.8) is 0 Å². The Morgan fingerprint density at radius 1 is 1.04 bits per heavy atom. The van der Waals surface area contributed by atoms with Gasteiger partial charge in [-0.1, -0.05) is 23.5 Å². The molecule has 0 unspecified atom stereocenters. The molecule has 0 saturated heterocycles. The summed E-state index contributed by atoms with van der Waals surface area (Å²) in [6.07, 6.45) is 1.67. The van der Waals surface area contributed by atoms with Crippen LogP contribution in [0.2, 0.25) is 0 Å². The van der Waals surface area contributed by atoms with E-state index in [-0.39, 0.29) is 11.4 Å². The van der Waals surface area contributed by atoms with E-state index in [4.69, 9.17) is 9.47 Å². The van der Waals surface area contributed by atoms with Gasteiger partial charge in [0.15, 0.2) is 0 Å². The Bertz CT molecular complexity index is 922. The highest BCUT2D eigenvalue weighted by atomic mass is 32.2. The third-order valence-electron chi connectivity index (χ3n) is 3.45. The minimum absolute atomic E-state index is 0.188. The molecule has 0 spiro atoms. The zero-order valence-corrected chi connectivity index (χ0v) is 15.7. The maximum absolute atomic E-state index is 12.4. The Balaban J connectivity index is 1.60. The van der Waals surface area contributed by atoms with Crippen LogP contribution >= 0.6 is 11.3 Å². The molecule has 0 atom stereocenters. The lowest BCUT2D eigenvalue weighted by atomic mass is 10.2. The lowest BCUT2D eigenvalue weighted by Crippen LogP contribution is -2.23. The number of nitrogens with zero attached hydrogens (tertiary/aromatic N) is 1. The fraction of sp³-hybridized carbons (Fsp3) is 0.167. The van der Waals surface area contributed by atoms with E-state index in [1.807, 2.05) is 24.4 Å². The van der Waals surface area contributed by atoms with Gasteiger partial charge in [-0.05, 0) is 48.9 Å². The van der Waals surface area contributed by atoms with Gasteiger partial charge in [0, 0.05) is 18.1 Å². The molecule has 0 aliphatic rings. The van der Waals surface area contributed by atoms with Crippen LogP contribution in [0.15, 0.2) is 65.0 Å². The van der Waals surface area contributed by atoms with Gasteiger partial charge in [0.2, 0.25) is 10.0 Å². The van der Waals surface area contributed by atoms with Crippen molar-refractivity contribution in [3.05, 3.63) is 65.7 Å². The van der Waals surface area contributed by atoms with E-state index in [1.54, 1.807) is 30.5 Å². The predicted octanol–water partition coefficient (Wildman–Crippen LogP) is 3.81. The van der Waals surface area contributed by atoms with E-state index >= 15 is 0 Å². The number of rotatable bonds is 8. The molecule has 0 bridgehead atoms. The van der Waals surface area contributed by atoms with Gasteiger partial charge in [0.05, 0.1) is 11.5 Å². The Kier molecular flexibility index (Phi) is 5.87. The van der Waals surface area contributed by atoms with E-state index < -0.39 is 10.0 Å². The molecular formula is C18H18N2O4S2. The molecule has 3 rings (SSSR count). The number of aromatic nitrogens is 1. The van der Waals surface area contributed by atoms with Gasteiger partial charge in [-0.25, -0.2) is 18.1 Å². The van der Waals surface area contributed by atoms with E-state index in [0.29, 0.717) is 23.3 Å².